The molecule has 0 spiro atoms. The van der Waals surface area contributed by atoms with Crippen LogP contribution in [0.25, 0.3) is 5.82 Å². The monoisotopic (exact) mass is 379 g/mol. The molecule has 0 atom stereocenters. The topological polar surface area (TPSA) is 67.4 Å². The first kappa shape index (κ1) is 18.4. The summed E-state index contributed by atoms with van der Waals surface area (Å²) < 4.78 is 7.17. The number of nitrogens with zero attached hydrogens (tertiary/aromatic N) is 5. The number of aromatic nitrogens is 3. The largest absolute Gasteiger partial charge is 0.360 e. The van der Waals surface area contributed by atoms with Gasteiger partial charge in [-0.15, -0.1) is 0 Å². The molecular weight excluding hydrogens is 354 g/mol. The second-order valence-corrected chi connectivity index (χ2v) is 7.35. The molecule has 1 fully saturated rings. The summed E-state index contributed by atoms with van der Waals surface area (Å²) in [5, 5.41) is 4.09. The molecule has 146 valence electrons. The number of hydrogen-bond donors (Lipinski definition) is 0. The third-order valence-electron chi connectivity index (χ3n) is 5.29. The Kier molecular flexibility index (Phi) is 5.00. The van der Waals surface area contributed by atoms with E-state index in [9.17, 15) is 4.79 Å². The molecule has 7 nitrogen and oxygen atoms in total. The number of pyridine rings is 1. The molecule has 0 saturated carbocycles. The van der Waals surface area contributed by atoms with Crippen molar-refractivity contribution in [3.63, 3.8) is 0 Å². The number of hydrogen-bond acceptors (Lipinski definition) is 5. The average Bonchev–Trinajstić information content (AvgIpc) is 3.25. The third-order valence-corrected chi connectivity index (χ3v) is 5.29. The molecule has 7 heteroatoms. The Bertz CT molecular complexity index is 968. The third kappa shape index (κ3) is 3.57. The molecular formula is C21H25N5O2. The second kappa shape index (κ2) is 7.59. The molecule has 0 bridgehead atoms. The van der Waals surface area contributed by atoms with Crippen molar-refractivity contribution in [3.05, 3.63) is 64.9 Å². The van der Waals surface area contributed by atoms with Gasteiger partial charge in [0.25, 0.3) is 5.91 Å². The number of piperazine rings is 1. The lowest BCUT2D eigenvalue weighted by Crippen LogP contribution is -2.48. The molecule has 0 N–H and O–H groups in total. The number of carbonyl (C=O) groups excluding carboxylic acids is 1. The number of aryl methyl sites for hydroxylation is 2. The summed E-state index contributed by atoms with van der Waals surface area (Å²) in [7, 11) is 0. The van der Waals surface area contributed by atoms with Gasteiger partial charge in [0.2, 0.25) is 0 Å². The molecule has 1 aliphatic rings. The average molecular weight is 379 g/mol. The van der Waals surface area contributed by atoms with Crippen molar-refractivity contribution < 1.29 is 9.32 Å². The predicted octanol–water partition coefficient (Wildman–Crippen LogP) is 2.74. The van der Waals surface area contributed by atoms with Crippen LogP contribution in [0, 0.1) is 20.8 Å². The van der Waals surface area contributed by atoms with Crippen LogP contribution in [-0.2, 0) is 6.54 Å². The quantitative estimate of drug-likeness (QED) is 0.697. The van der Waals surface area contributed by atoms with Crippen LogP contribution in [-0.4, -0.2) is 56.6 Å². The molecule has 0 aromatic carbocycles. The fourth-order valence-electron chi connectivity index (χ4n) is 3.82. The second-order valence-electron chi connectivity index (χ2n) is 7.35. The summed E-state index contributed by atoms with van der Waals surface area (Å²) >= 11 is 0. The van der Waals surface area contributed by atoms with E-state index in [2.05, 4.69) is 21.1 Å². The van der Waals surface area contributed by atoms with Gasteiger partial charge in [-0.3, -0.25) is 19.2 Å². The van der Waals surface area contributed by atoms with Crippen molar-refractivity contribution in [1.82, 2.24) is 24.5 Å². The normalized spacial score (nSPS) is 15.2. The van der Waals surface area contributed by atoms with Crippen LogP contribution in [0.5, 0.6) is 0 Å². The Morgan fingerprint density at radius 3 is 2.57 bits per heavy atom. The summed E-state index contributed by atoms with van der Waals surface area (Å²) in [5.41, 5.74) is 3.81. The van der Waals surface area contributed by atoms with Crippen LogP contribution in [0.2, 0.25) is 0 Å². The lowest BCUT2D eigenvalue weighted by molar-refractivity contribution is 0.0627. The van der Waals surface area contributed by atoms with Crippen molar-refractivity contribution in [2.24, 2.45) is 0 Å². The molecule has 1 saturated heterocycles. The van der Waals surface area contributed by atoms with Crippen molar-refractivity contribution in [3.8, 4) is 5.82 Å². The summed E-state index contributed by atoms with van der Waals surface area (Å²) in [6.07, 6.45) is 3.69. The predicted molar refractivity (Wildman–Crippen MR) is 105 cm³/mol. The minimum Gasteiger partial charge on any atom is -0.360 e. The fraction of sp³-hybridized carbons (Fsp3) is 0.381. The van der Waals surface area contributed by atoms with Crippen LogP contribution in [0.15, 0.2) is 41.2 Å². The highest BCUT2D eigenvalue weighted by Gasteiger charge is 2.26. The number of carbonyl (C=O) groups is 1. The van der Waals surface area contributed by atoms with Crippen LogP contribution in [0.4, 0.5) is 0 Å². The maximum atomic E-state index is 13.1. The van der Waals surface area contributed by atoms with Crippen molar-refractivity contribution >= 4 is 5.91 Å². The molecule has 1 aliphatic heterocycles. The standard InChI is InChI=1S/C21H25N5O2/c1-15-11-19(17(3)26(15)20-12-16(2)28-23-20)21(27)25-9-7-24(8-10-25)14-18-5-4-6-22-13-18/h4-6,11-13H,7-10,14H2,1-3H3. The van der Waals surface area contributed by atoms with Crippen LogP contribution in [0.3, 0.4) is 0 Å². The van der Waals surface area contributed by atoms with E-state index in [1.165, 1.54) is 5.56 Å². The van der Waals surface area contributed by atoms with Crippen LogP contribution in [0.1, 0.15) is 33.1 Å². The van der Waals surface area contributed by atoms with E-state index in [0.29, 0.717) is 5.82 Å². The first-order valence-electron chi connectivity index (χ1n) is 9.56. The lowest BCUT2D eigenvalue weighted by atomic mass is 10.2. The van der Waals surface area contributed by atoms with E-state index >= 15 is 0 Å². The van der Waals surface area contributed by atoms with E-state index < -0.39 is 0 Å². The molecule has 4 heterocycles. The van der Waals surface area contributed by atoms with Gasteiger partial charge in [-0.25, -0.2) is 0 Å². The number of rotatable bonds is 4. The molecule has 1 amide bonds. The lowest BCUT2D eigenvalue weighted by Gasteiger charge is -2.34. The Labute approximate surface area is 164 Å². The molecule has 4 rings (SSSR count). The summed E-state index contributed by atoms with van der Waals surface area (Å²) in [6, 6.07) is 7.88. The van der Waals surface area contributed by atoms with E-state index in [4.69, 9.17) is 4.52 Å². The minimum absolute atomic E-state index is 0.0839. The first-order valence-corrected chi connectivity index (χ1v) is 9.56. The Hall–Kier alpha value is -2.93. The maximum Gasteiger partial charge on any atom is 0.255 e. The van der Waals surface area contributed by atoms with Gasteiger partial charge in [0.05, 0.1) is 5.56 Å². The summed E-state index contributed by atoms with van der Waals surface area (Å²) in [6.45, 7) is 9.86. The molecule has 3 aromatic rings. The number of amides is 1. The zero-order valence-electron chi connectivity index (χ0n) is 16.6. The Morgan fingerprint density at radius 1 is 1.14 bits per heavy atom. The first-order chi connectivity index (χ1) is 13.5. The highest BCUT2D eigenvalue weighted by atomic mass is 16.5. The van der Waals surface area contributed by atoms with Gasteiger partial charge in [0, 0.05) is 62.6 Å². The van der Waals surface area contributed by atoms with Gasteiger partial charge in [0.1, 0.15) is 5.76 Å². The molecule has 28 heavy (non-hydrogen) atoms. The molecule has 0 unspecified atom stereocenters. The van der Waals surface area contributed by atoms with E-state index in [1.807, 2.05) is 54.6 Å². The van der Waals surface area contributed by atoms with Crippen LogP contribution < -0.4 is 0 Å². The smallest absolute Gasteiger partial charge is 0.255 e. The van der Waals surface area contributed by atoms with Gasteiger partial charge in [0.15, 0.2) is 5.82 Å². The molecule has 0 aliphatic carbocycles. The van der Waals surface area contributed by atoms with Gasteiger partial charge >= 0.3 is 0 Å². The van der Waals surface area contributed by atoms with E-state index in [0.717, 1.165) is 55.4 Å². The minimum atomic E-state index is 0.0839. The van der Waals surface area contributed by atoms with Crippen molar-refractivity contribution in [2.75, 3.05) is 26.2 Å². The molecule has 0 radical (unpaired) electrons. The van der Waals surface area contributed by atoms with E-state index in [1.54, 1.807) is 6.20 Å². The zero-order chi connectivity index (χ0) is 19.7. The van der Waals surface area contributed by atoms with Gasteiger partial charge in [-0.2, -0.15) is 0 Å². The van der Waals surface area contributed by atoms with Gasteiger partial charge in [-0.05, 0) is 38.5 Å². The highest BCUT2D eigenvalue weighted by molar-refractivity contribution is 5.96. The van der Waals surface area contributed by atoms with Gasteiger partial charge < -0.3 is 9.42 Å². The molecule has 3 aromatic heterocycles. The Morgan fingerprint density at radius 2 is 1.93 bits per heavy atom. The zero-order valence-corrected chi connectivity index (χ0v) is 16.6. The van der Waals surface area contributed by atoms with Gasteiger partial charge in [-0.1, -0.05) is 11.2 Å². The maximum absolute atomic E-state index is 13.1. The van der Waals surface area contributed by atoms with Crippen LogP contribution >= 0.6 is 0 Å². The summed E-state index contributed by atoms with van der Waals surface area (Å²) in [4.78, 5) is 21.6. The summed E-state index contributed by atoms with van der Waals surface area (Å²) in [5.74, 6) is 1.55. The fourth-order valence-corrected chi connectivity index (χ4v) is 3.82. The van der Waals surface area contributed by atoms with Crippen molar-refractivity contribution in [2.45, 2.75) is 27.3 Å². The van der Waals surface area contributed by atoms with Crippen molar-refractivity contribution in [1.29, 1.82) is 0 Å². The Balaban J connectivity index is 1.44. The SMILES string of the molecule is Cc1cc(-n2c(C)cc(C(=O)N3CCN(Cc4cccnc4)CC3)c2C)no1. The van der Waals surface area contributed by atoms with E-state index in [-0.39, 0.29) is 5.91 Å². The highest BCUT2D eigenvalue weighted by Crippen LogP contribution is 2.22.